The van der Waals surface area contributed by atoms with Gasteiger partial charge >= 0.3 is 18.1 Å². The van der Waals surface area contributed by atoms with Crippen LogP contribution in [0.1, 0.15) is 5.56 Å². The third kappa shape index (κ3) is 3.98. The van der Waals surface area contributed by atoms with E-state index in [4.69, 9.17) is 9.90 Å². The van der Waals surface area contributed by atoms with Crippen molar-refractivity contribution in [2.75, 3.05) is 11.9 Å². The maximum Gasteiger partial charge on any atom is 0.490 e. The zero-order valence-corrected chi connectivity index (χ0v) is 14.3. The average Bonchev–Trinajstić information content (AvgIpc) is 3.00. The Bertz CT molecular complexity index is 1070. The summed E-state index contributed by atoms with van der Waals surface area (Å²) in [6.45, 7) is 0.471. The highest BCUT2D eigenvalue weighted by Crippen LogP contribution is 2.33. The second-order valence-electron chi connectivity index (χ2n) is 6.29. The fourth-order valence-electron chi connectivity index (χ4n) is 3.06. The van der Waals surface area contributed by atoms with E-state index >= 15 is 0 Å². The Morgan fingerprint density at radius 2 is 1.82 bits per heavy atom. The average molecular weight is 392 g/mol. The van der Waals surface area contributed by atoms with Gasteiger partial charge in [-0.25, -0.2) is 4.79 Å². The maximum absolute atomic E-state index is 11.2. The van der Waals surface area contributed by atoms with Crippen LogP contribution in [0.5, 0.6) is 0 Å². The molecular weight excluding hydrogens is 377 g/mol. The fraction of sp³-hybridized carbons (Fsp3) is 0.211. The molecule has 1 unspecified atom stereocenters. The number of benzene rings is 1. The molecule has 146 valence electrons. The Hall–Kier alpha value is -3.36. The molecule has 9 heteroatoms. The normalized spacial score (nSPS) is 15.9. The first-order valence-electron chi connectivity index (χ1n) is 8.24. The van der Waals surface area contributed by atoms with Crippen molar-refractivity contribution in [3.63, 3.8) is 0 Å². The number of halogens is 3. The summed E-state index contributed by atoms with van der Waals surface area (Å²) in [5.41, 5.74) is 3.10. The summed E-state index contributed by atoms with van der Waals surface area (Å²) < 4.78 is 31.7. The van der Waals surface area contributed by atoms with Crippen LogP contribution >= 0.6 is 0 Å². The van der Waals surface area contributed by atoms with Gasteiger partial charge in [-0.05, 0) is 35.6 Å². The summed E-state index contributed by atoms with van der Waals surface area (Å²) in [5, 5.41) is 23.0. The van der Waals surface area contributed by atoms with Gasteiger partial charge < -0.3 is 15.5 Å². The van der Waals surface area contributed by atoms with Crippen LogP contribution in [0.2, 0.25) is 0 Å². The molecule has 3 aromatic rings. The van der Waals surface area contributed by atoms with Crippen molar-refractivity contribution >= 4 is 39.3 Å². The molecular formula is C19H15F3N2O4. The van der Waals surface area contributed by atoms with Crippen LogP contribution in [-0.4, -0.2) is 39.9 Å². The molecule has 1 aliphatic heterocycles. The molecule has 0 aliphatic carbocycles. The number of fused-ring (bicyclic) bond motifs is 4. The lowest BCUT2D eigenvalue weighted by Crippen LogP contribution is -2.29. The van der Waals surface area contributed by atoms with Crippen LogP contribution in [0.15, 0.2) is 42.6 Å². The van der Waals surface area contributed by atoms with Crippen molar-refractivity contribution in [3.8, 4) is 0 Å². The van der Waals surface area contributed by atoms with Crippen molar-refractivity contribution in [2.45, 2.75) is 12.6 Å². The fourth-order valence-corrected chi connectivity index (χ4v) is 3.06. The minimum atomic E-state index is -5.08. The standard InChI is InChI=1S/C17H14N2O2.C2HF3O2/c20-17(21)13-6-12-3-1-2-10-8-15-11(4-5-18-15)7-14(10)16(12)19-9-13;3-2(4,5)1(6)7/h1-5,7-8,13,19H,6,9H2,(H,20,21);(H,6,7). The van der Waals surface area contributed by atoms with E-state index in [-0.39, 0.29) is 5.92 Å². The molecule has 3 N–H and O–H groups in total. The quantitative estimate of drug-likeness (QED) is 0.584. The van der Waals surface area contributed by atoms with Crippen LogP contribution < -0.4 is 5.32 Å². The van der Waals surface area contributed by atoms with Gasteiger partial charge in [-0.15, -0.1) is 0 Å². The van der Waals surface area contributed by atoms with Crippen molar-refractivity contribution in [1.29, 1.82) is 0 Å². The lowest BCUT2D eigenvalue weighted by Gasteiger charge is -2.23. The first-order chi connectivity index (χ1) is 13.2. The van der Waals surface area contributed by atoms with Gasteiger partial charge in [0.05, 0.1) is 11.4 Å². The second-order valence-corrected chi connectivity index (χ2v) is 6.29. The minimum absolute atomic E-state index is 0.362. The predicted molar refractivity (Wildman–Crippen MR) is 96.3 cm³/mol. The second kappa shape index (κ2) is 7.34. The maximum atomic E-state index is 11.2. The molecule has 1 aromatic heterocycles. The highest BCUT2D eigenvalue weighted by molar-refractivity contribution is 6.03. The van der Waals surface area contributed by atoms with Gasteiger partial charge in [-0.3, -0.25) is 9.78 Å². The molecule has 2 aromatic carbocycles. The number of alkyl halides is 3. The SMILES string of the molecule is O=C(O)C(F)(F)F.O=C(O)C1CNc2c(cccc3cc4nccc4cc23)C1. The number of rotatable bonds is 1. The van der Waals surface area contributed by atoms with Crippen molar-refractivity contribution in [3.05, 3.63) is 48.2 Å². The van der Waals surface area contributed by atoms with Crippen LogP contribution in [0.25, 0.3) is 21.7 Å². The molecule has 28 heavy (non-hydrogen) atoms. The minimum Gasteiger partial charge on any atom is -0.481 e. The largest absolute Gasteiger partial charge is 0.490 e. The van der Waals surface area contributed by atoms with Gasteiger partial charge in [0.15, 0.2) is 0 Å². The number of nitrogens with one attached hydrogen (secondary N) is 1. The highest BCUT2D eigenvalue weighted by Gasteiger charge is 2.38. The zero-order valence-electron chi connectivity index (χ0n) is 14.3. The molecule has 6 nitrogen and oxygen atoms in total. The summed E-state index contributed by atoms with van der Waals surface area (Å²) in [6.07, 6.45) is -2.71. The lowest BCUT2D eigenvalue weighted by atomic mass is 9.94. The highest BCUT2D eigenvalue weighted by atomic mass is 19.4. The van der Waals surface area contributed by atoms with E-state index in [0.717, 1.165) is 32.9 Å². The molecule has 4 rings (SSSR count). The Morgan fingerprint density at radius 1 is 1.11 bits per heavy atom. The number of anilines is 1. The molecule has 1 aliphatic rings. The van der Waals surface area contributed by atoms with Crippen molar-refractivity contribution in [2.24, 2.45) is 5.92 Å². The van der Waals surface area contributed by atoms with Crippen molar-refractivity contribution < 1.29 is 33.0 Å². The number of aliphatic carboxylic acids is 2. The Morgan fingerprint density at radius 3 is 2.46 bits per heavy atom. The van der Waals surface area contributed by atoms with Gasteiger partial charge in [0.2, 0.25) is 0 Å². The molecule has 1 atom stereocenters. The molecule has 0 fully saturated rings. The van der Waals surface area contributed by atoms with E-state index in [1.807, 2.05) is 24.4 Å². The Balaban J connectivity index is 0.000000279. The molecule has 0 saturated carbocycles. The van der Waals surface area contributed by atoms with Gasteiger partial charge in [-0.1, -0.05) is 18.2 Å². The van der Waals surface area contributed by atoms with Crippen molar-refractivity contribution in [1.82, 2.24) is 4.98 Å². The van der Waals surface area contributed by atoms with E-state index in [2.05, 4.69) is 28.5 Å². The van der Waals surface area contributed by atoms with E-state index in [1.54, 1.807) is 0 Å². The zero-order chi connectivity index (χ0) is 20.5. The third-order valence-electron chi connectivity index (χ3n) is 4.41. The molecule has 0 bridgehead atoms. The summed E-state index contributed by atoms with van der Waals surface area (Å²) in [4.78, 5) is 24.4. The summed E-state index contributed by atoms with van der Waals surface area (Å²) >= 11 is 0. The molecule has 0 radical (unpaired) electrons. The number of carboxylic acid groups (broad SMARTS) is 2. The summed E-state index contributed by atoms with van der Waals surface area (Å²) in [7, 11) is 0. The predicted octanol–water partition coefficient (Wildman–Crippen LogP) is 3.69. The monoisotopic (exact) mass is 392 g/mol. The first kappa shape index (κ1) is 19.4. The molecule has 0 spiro atoms. The van der Waals surface area contributed by atoms with Crippen LogP contribution in [0, 0.1) is 5.92 Å². The Kier molecular flexibility index (Phi) is 5.08. The topological polar surface area (TPSA) is 99.5 Å². The van der Waals surface area contributed by atoms with E-state index in [1.165, 1.54) is 0 Å². The van der Waals surface area contributed by atoms with Gasteiger partial charge in [-0.2, -0.15) is 13.2 Å². The first-order valence-corrected chi connectivity index (χ1v) is 8.24. The van der Waals surface area contributed by atoms with E-state index in [0.29, 0.717) is 13.0 Å². The number of hydrogen-bond donors (Lipinski definition) is 3. The third-order valence-corrected chi connectivity index (χ3v) is 4.41. The number of hydrogen-bond acceptors (Lipinski definition) is 4. The number of carbonyl (C=O) groups is 2. The lowest BCUT2D eigenvalue weighted by molar-refractivity contribution is -0.192. The van der Waals surface area contributed by atoms with Crippen LogP contribution in [0.3, 0.4) is 0 Å². The molecule has 0 amide bonds. The number of carboxylic acids is 2. The van der Waals surface area contributed by atoms with Crippen LogP contribution in [0.4, 0.5) is 18.9 Å². The van der Waals surface area contributed by atoms with E-state index in [9.17, 15) is 23.1 Å². The van der Waals surface area contributed by atoms with Crippen LogP contribution in [-0.2, 0) is 16.0 Å². The molecule has 0 saturated heterocycles. The van der Waals surface area contributed by atoms with Gasteiger partial charge in [0.1, 0.15) is 0 Å². The Labute approximate surface area is 156 Å². The molecule has 2 heterocycles. The summed E-state index contributed by atoms with van der Waals surface area (Å²) in [5.74, 6) is -3.86. The van der Waals surface area contributed by atoms with E-state index < -0.39 is 18.1 Å². The number of nitrogens with zero attached hydrogens (tertiary/aromatic N) is 1. The number of aromatic nitrogens is 1. The summed E-state index contributed by atoms with van der Waals surface area (Å²) in [6, 6.07) is 12.3. The smallest absolute Gasteiger partial charge is 0.481 e. The van der Waals surface area contributed by atoms with Gasteiger partial charge in [0.25, 0.3) is 0 Å². The van der Waals surface area contributed by atoms with Gasteiger partial charge in [0, 0.05) is 29.2 Å².